The zero-order chi connectivity index (χ0) is 14.7. The van der Waals surface area contributed by atoms with Crippen molar-refractivity contribution < 1.29 is 4.79 Å². The maximum atomic E-state index is 12.1. The van der Waals surface area contributed by atoms with Crippen LogP contribution in [0.25, 0.3) is 0 Å². The highest BCUT2D eigenvalue weighted by Gasteiger charge is 2.16. The molecule has 0 aliphatic heterocycles. The quantitative estimate of drug-likeness (QED) is 0.564. The van der Waals surface area contributed by atoms with Crippen LogP contribution in [0.1, 0.15) is 29.1 Å². The van der Waals surface area contributed by atoms with E-state index in [0.29, 0.717) is 17.2 Å². The molecule has 1 unspecified atom stereocenters. The number of halogens is 1. The van der Waals surface area contributed by atoms with Crippen molar-refractivity contribution in [3.05, 3.63) is 35.0 Å². The second-order valence-corrected chi connectivity index (χ2v) is 4.60. The highest BCUT2D eigenvalue weighted by molar-refractivity contribution is 6.33. The average Bonchev–Trinajstić information content (AvgIpc) is 2.84. The number of pyridine rings is 1. The zero-order valence-electron chi connectivity index (χ0n) is 11.0. The summed E-state index contributed by atoms with van der Waals surface area (Å²) in [4.78, 5) is 16.0. The molecule has 1 atom stereocenters. The third-order valence-electron chi connectivity index (χ3n) is 2.72. The van der Waals surface area contributed by atoms with Gasteiger partial charge in [-0.1, -0.05) is 11.6 Å². The van der Waals surface area contributed by atoms with Gasteiger partial charge < -0.3 is 15.3 Å². The lowest BCUT2D eigenvalue weighted by Crippen LogP contribution is -2.28. The molecule has 0 aromatic carbocycles. The molecule has 0 aliphatic carbocycles. The number of nitrogens with one attached hydrogen (secondary N) is 2. The molecular weight excluding hydrogens is 282 g/mol. The molecule has 0 bridgehead atoms. The van der Waals surface area contributed by atoms with Crippen molar-refractivity contribution in [3.8, 4) is 0 Å². The van der Waals surface area contributed by atoms with Gasteiger partial charge in [-0.25, -0.2) is 10.8 Å². The Morgan fingerprint density at radius 3 is 2.85 bits per heavy atom. The van der Waals surface area contributed by atoms with Gasteiger partial charge in [-0.3, -0.25) is 4.79 Å². The summed E-state index contributed by atoms with van der Waals surface area (Å²) < 4.78 is 1.73. The van der Waals surface area contributed by atoms with Crippen LogP contribution in [0.5, 0.6) is 0 Å². The molecule has 106 valence electrons. The van der Waals surface area contributed by atoms with Gasteiger partial charge in [0, 0.05) is 13.2 Å². The van der Waals surface area contributed by atoms with E-state index in [0.717, 1.165) is 0 Å². The summed E-state index contributed by atoms with van der Waals surface area (Å²) >= 11 is 5.92. The third kappa shape index (κ3) is 2.86. The molecule has 8 nitrogen and oxygen atoms in total. The Morgan fingerprint density at radius 2 is 2.30 bits per heavy atom. The highest BCUT2D eigenvalue weighted by Crippen LogP contribution is 2.19. The zero-order valence-corrected chi connectivity index (χ0v) is 11.7. The lowest BCUT2D eigenvalue weighted by Gasteiger charge is -2.13. The fourth-order valence-corrected chi connectivity index (χ4v) is 1.92. The van der Waals surface area contributed by atoms with Crippen molar-refractivity contribution >= 4 is 23.3 Å². The number of hydrazine groups is 1. The van der Waals surface area contributed by atoms with Gasteiger partial charge in [0.1, 0.15) is 6.33 Å². The first kappa shape index (κ1) is 14.2. The van der Waals surface area contributed by atoms with E-state index in [2.05, 4.69) is 25.9 Å². The number of aromatic nitrogens is 4. The summed E-state index contributed by atoms with van der Waals surface area (Å²) in [7, 11) is 1.80. The van der Waals surface area contributed by atoms with Crippen LogP contribution < -0.4 is 16.6 Å². The number of aryl methyl sites for hydroxylation is 1. The molecule has 20 heavy (non-hydrogen) atoms. The van der Waals surface area contributed by atoms with E-state index in [1.165, 1.54) is 12.3 Å². The lowest BCUT2D eigenvalue weighted by atomic mass is 10.2. The van der Waals surface area contributed by atoms with Crippen LogP contribution in [0.4, 0.5) is 5.82 Å². The monoisotopic (exact) mass is 295 g/mol. The Bertz CT molecular complexity index is 627. The summed E-state index contributed by atoms with van der Waals surface area (Å²) in [5, 5.41) is 10.8. The van der Waals surface area contributed by atoms with E-state index in [-0.39, 0.29) is 17.0 Å². The molecule has 0 fully saturated rings. The first-order chi connectivity index (χ1) is 9.52. The second-order valence-electron chi connectivity index (χ2n) is 4.19. The molecule has 0 saturated heterocycles. The number of nitrogens with two attached hydrogens (primary N) is 1. The number of anilines is 1. The van der Waals surface area contributed by atoms with Gasteiger partial charge in [-0.05, 0) is 13.0 Å². The van der Waals surface area contributed by atoms with Gasteiger partial charge in [-0.15, -0.1) is 10.2 Å². The molecule has 2 aromatic heterocycles. The molecule has 1 amide bonds. The lowest BCUT2D eigenvalue weighted by molar-refractivity contribution is 0.0937. The van der Waals surface area contributed by atoms with E-state index < -0.39 is 0 Å². The molecule has 9 heteroatoms. The smallest absolute Gasteiger partial charge is 0.253 e. The molecular formula is C11H14ClN7O. The Kier molecular flexibility index (Phi) is 4.16. The van der Waals surface area contributed by atoms with Crippen molar-refractivity contribution in [3.63, 3.8) is 0 Å². The van der Waals surface area contributed by atoms with Crippen molar-refractivity contribution in [2.24, 2.45) is 12.9 Å². The maximum Gasteiger partial charge on any atom is 0.253 e. The van der Waals surface area contributed by atoms with E-state index >= 15 is 0 Å². The number of carbonyl (C=O) groups is 1. The van der Waals surface area contributed by atoms with E-state index in [4.69, 9.17) is 17.4 Å². The highest BCUT2D eigenvalue weighted by atomic mass is 35.5. The summed E-state index contributed by atoms with van der Waals surface area (Å²) in [5.41, 5.74) is 2.67. The molecule has 2 aromatic rings. The summed E-state index contributed by atoms with van der Waals surface area (Å²) in [5.74, 6) is 5.88. The number of rotatable bonds is 4. The Balaban J connectivity index is 2.12. The van der Waals surface area contributed by atoms with Crippen LogP contribution in [0.2, 0.25) is 5.02 Å². The number of amides is 1. The van der Waals surface area contributed by atoms with Crippen molar-refractivity contribution in [2.75, 3.05) is 5.43 Å². The van der Waals surface area contributed by atoms with Gasteiger partial charge >= 0.3 is 0 Å². The van der Waals surface area contributed by atoms with Crippen LogP contribution in [0.15, 0.2) is 18.6 Å². The van der Waals surface area contributed by atoms with Crippen LogP contribution in [-0.4, -0.2) is 25.7 Å². The van der Waals surface area contributed by atoms with Crippen LogP contribution in [0.3, 0.4) is 0 Å². The minimum atomic E-state index is -0.307. The molecule has 0 saturated carbocycles. The fraction of sp³-hybridized carbons (Fsp3) is 0.273. The van der Waals surface area contributed by atoms with Crippen molar-refractivity contribution in [1.29, 1.82) is 0 Å². The first-order valence-corrected chi connectivity index (χ1v) is 6.17. The van der Waals surface area contributed by atoms with Crippen molar-refractivity contribution in [1.82, 2.24) is 25.1 Å². The van der Waals surface area contributed by atoms with E-state index in [9.17, 15) is 4.79 Å². The van der Waals surface area contributed by atoms with E-state index in [1.807, 2.05) is 6.92 Å². The normalized spacial score (nSPS) is 12.0. The molecule has 0 spiro atoms. The number of hydrogen-bond acceptors (Lipinski definition) is 6. The van der Waals surface area contributed by atoms with Crippen molar-refractivity contribution in [2.45, 2.75) is 13.0 Å². The van der Waals surface area contributed by atoms with Gasteiger partial charge in [0.25, 0.3) is 5.91 Å². The number of nitrogen functional groups attached to an aromatic ring is 1. The van der Waals surface area contributed by atoms with E-state index in [1.54, 1.807) is 17.9 Å². The predicted octanol–water partition coefficient (Wildman–Crippen LogP) is 0.640. The third-order valence-corrected chi connectivity index (χ3v) is 3.01. The second kappa shape index (κ2) is 5.85. The van der Waals surface area contributed by atoms with Gasteiger partial charge in [-0.2, -0.15) is 0 Å². The average molecular weight is 296 g/mol. The summed E-state index contributed by atoms with van der Waals surface area (Å²) in [6.45, 7) is 1.81. The van der Waals surface area contributed by atoms with Crippen LogP contribution in [-0.2, 0) is 7.05 Å². The molecule has 0 radical (unpaired) electrons. The Labute approximate surface area is 120 Å². The van der Waals surface area contributed by atoms with Gasteiger partial charge in [0.05, 0.1) is 16.6 Å². The Hall–Kier alpha value is -2.19. The first-order valence-electron chi connectivity index (χ1n) is 5.80. The molecule has 0 aliphatic rings. The predicted molar refractivity (Wildman–Crippen MR) is 73.9 cm³/mol. The number of carbonyl (C=O) groups excluding carboxylic acids is 1. The molecule has 4 N–H and O–H groups in total. The standard InChI is InChI=1S/C11H14ClN7O/c1-6(10-18-15-5-19(10)2)16-11(20)7-3-8(12)9(17-13)14-4-7/h3-6H,13H2,1-2H3,(H,14,17)(H,16,20). The summed E-state index contributed by atoms with van der Waals surface area (Å²) in [6.07, 6.45) is 2.96. The minimum absolute atomic E-state index is 0.270. The number of hydrogen-bond donors (Lipinski definition) is 3. The van der Waals surface area contributed by atoms with Gasteiger partial charge in [0.2, 0.25) is 0 Å². The fourth-order valence-electron chi connectivity index (χ4n) is 1.70. The molecule has 2 rings (SSSR count). The number of nitrogens with zero attached hydrogens (tertiary/aromatic N) is 4. The van der Waals surface area contributed by atoms with Crippen LogP contribution >= 0.6 is 11.6 Å². The Morgan fingerprint density at radius 1 is 1.55 bits per heavy atom. The summed E-state index contributed by atoms with van der Waals surface area (Å²) in [6, 6.07) is 1.20. The van der Waals surface area contributed by atoms with Gasteiger partial charge in [0.15, 0.2) is 11.6 Å². The maximum absolute atomic E-state index is 12.1. The minimum Gasteiger partial charge on any atom is -0.342 e. The topological polar surface area (TPSA) is 111 Å². The SMILES string of the molecule is CC(NC(=O)c1cnc(NN)c(Cl)c1)c1nncn1C. The largest absolute Gasteiger partial charge is 0.342 e. The molecule has 2 heterocycles. The van der Waals surface area contributed by atoms with Crippen LogP contribution in [0, 0.1) is 0 Å².